The van der Waals surface area contributed by atoms with Gasteiger partial charge in [0.25, 0.3) is 0 Å². The molecule has 38 heavy (non-hydrogen) atoms. The first-order valence-electron chi connectivity index (χ1n) is 13.6. The van der Waals surface area contributed by atoms with Gasteiger partial charge in [-0.15, -0.1) is 0 Å². The van der Waals surface area contributed by atoms with Crippen LogP contribution in [0.15, 0.2) is 43.0 Å². The van der Waals surface area contributed by atoms with Gasteiger partial charge in [-0.2, -0.15) is 23.9 Å². The van der Waals surface area contributed by atoms with Crippen molar-refractivity contribution in [2.24, 2.45) is 11.8 Å². The molecule has 3 unspecified atom stereocenters. The van der Waals surface area contributed by atoms with Gasteiger partial charge in [0.05, 0.1) is 0 Å². The minimum Gasteiger partial charge on any atom is -0.328 e. The Morgan fingerprint density at radius 2 is 1.89 bits per heavy atom. The van der Waals surface area contributed by atoms with Crippen LogP contribution in [0.1, 0.15) is 69.9 Å². The predicted octanol–water partition coefficient (Wildman–Crippen LogP) is 9.37. The Bertz CT molecular complexity index is 943. The average molecular weight is 688 g/mol. The molecule has 0 bridgehead atoms. The largest absolute Gasteiger partial charge is 0.328 e. The van der Waals surface area contributed by atoms with E-state index in [0.717, 1.165) is 35.8 Å². The molecule has 0 aromatic heterocycles. The molecule has 0 aliphatic heterocycles. The number of carbonyl (C=O) groups is 1. The summed E-state index contributed by atoms with van der Waals surface area (Å²) in [7, 11) is 10.6. The summed E-state index contributed by atoms with van der Waals surface area (Å²) in [6, 6.07) is 6.81. The maximum Gasteiger partial charge on any atom is -0.0829 e. The monoisotopic (exact) mass is 687 g/mol. The van der Waals surface area contributed by atoms with Crippen LogP contribution in [0.25, 0.3) is 0 Å². The van der Waals surface area contributed by atoms with E-state index in [1.54, 1.807) is 0 Å². The molecule has 0 radical (unpaired) electrons. The molecule has 2 saturated carbocycles. The first-order valence-corrected chi connectivity index (χ1v) is 23.3. The molecule has 8 heteroatoms. The number of aryl methyl sites for hydroxylation is 1. The van der Waals surface area contributed by atoms with Crippen molar-refractivity contribution in [2.45, 2.75) is 96.6 Å². The standard InChI is InChI=1S/C25H35ClO3Si.C5H9.2ClH.Ru/c1-7-21-12-13-22(9-8-16-30(5,6)26)25(21)29-24(27)15-11-20-10-14-23(19(4)17-20)28-18(2)3;1-2-4-5-3-1;;;/h4,7-10,14,17-18,21-22,25H,1,11-13,15-16H2,2-3,5-6H3;1H,2-5H2;2*1H;/q;-1;;;+2/p-2/b9-8+;;;;. The zero-order chi connectivity index (χ0) is 28.1. The van der Waals surface area contributed by atoms with E-state index in [-0.39, 0.29) is 30.0 Å². The molecule has 1 aromatic rings. The predicted molar refractivity (Wildman–Crippen MR) is 164 cm³/mol. The van der Waals surface area contributed by atoms with E-state index >= 15 is 0 Å². The number of ether oxygens (including phenoxy) is 2. The minimum absolute atomic E-state index is 0.0494. The molecule has 2 aliphatic carbocycles. The Morgan fingerprint density at radius 1 is 1.21 bits per heavy atom. The minimum atomic E-state index is -2.01. The molecule has 0 spiro atoms. The molecule has 2 aliphatic rings. The fourth-order valence-corrected chi connectivity index (χ4v) is 7.39. The number of rotatable bonds is 11. The molecule has 3 atom stereocenters. The van der Waals surface area contributed by atoms with Gasteiger partial charge in [0.2, 0.25) is 0 Å². The van der Waals surface area contributed by atoms with Gasteiger partial charge in [-0.05, 0) is 6.04 Å². The van der Waals surface area contributed by atoms with Gasteiger partial charge >= 0.3 is 181 Å². The van der Waals surface area contributed by atoms with E-state index in [0.29, 0.717) is 12.8 Å². The Morgan fingerprint density at radius 3 is 2.45 bits per heavy atom. The number of hydrogen-bond acceptors (Lipinski definition) is 3. The van der Waals surface area contributed by atoms with Crippen LogP contribution in [0.5, 0.6) is 5.75 Å². The summed E-state index contributed by atoms with van der Waals surface area (Å²) in [6.45, 7) is 12.2. The zero-order valence-electron chi connectivity index (χ0n) is 23.2. The van der Waals surface area contributed by atoms with Crippen molar-refractivity contribution < 1.29 is 27.8 Å². The van der Waals surface area contributed by atoms with Gasteiger partial charge in [-0.25, -0.2) is 0 Å². The maximum absolute atomic E-state index is 12.7. The number of halogens is 3. The quantitative estimate of drug-likeness (QED) is 0.0765. The first-order chi connectivity index (χ1) is 18.0. The topological polar surface area (TPSA) is 35.5 Å². The smallest absolute Gasteiger partial charge is 0.0829 e. The molecular weight excluding hydrogens is 644 g/mol. The summed E-state index contributed by atoms with van der Waals surface area (Å²) in [4.78, 5) is 12.7. The third-order valence-corrected chi connectivity index (χ3v) is 10.0. The molecule has 2 fully saturated rings. The van der Waals surface area contributed by atoms with E-state index in [9.17, 15) is 4.79 Å². The zero-order valence-corrected chi connectivity index (χ0v) is 28.2. The van der Waals surface area contributed by atoms with E-state index in [1.165, 1.54) is 25.7 Å². The van der Waals surface area contributed by atoms with Gasteiger partial charge in [0.15, 0.2) is 7.38 Å². The van der Waals surface area contributed by atoms with Crippen LogP contribution in [-0.4, -0.2) is 30.2 Å². The van der Waals surface area contributed by atoms with Gasteiger partial charge in [0, 0.05) is 0 Å². The fourth-order valence-electron chi connectivity index (χ4n) is 4.64. The van der Waals surface area contributed by atoms with Gasteiger partial charge < -0.3 is 6.42 Å². The van der Waals surface area contributed by atoms with E-state index in [1.807, 2.05) is 42.7 Å². The maximum atomic E-state index is 12.7. The van der Waals surface area contributed by atoms with Crippen LogP contribution in [-0.2, 0) is 29.5 Å². The number of benzene rings is 1. The number of esters is 1. The third kappa shape index (κ3) is 13.3. The second kappa shape index (κ2) is 17.4. The molecule has 0 N–H and O–H groups in total. The molecule has 3 rings (SSSR count). The van der Waals surface area contributed by atoms with Crippen molar-refractivity contribution in [1.82, 2.24) is 0 Å². The molecular formula is C30H44Cl3O3RuSi-. The number of allylic oxidation sites excluding steroid dienone is 1. The normalized spacial score (nSPS) is 21.7. The van der Waals surface area contributed by atoms with Crippen molar-refractivity contribution in [2.75, 3.05) is 0 Å². The van der Waals surface area contributed by atoms with Crippen LogP contribution in [0.4, 0.5) is 0 Å². The summed E-state index contributed by atoms with van der Waals surface area (Å²) in [6.07, 6.45) is 17.0. The summed E-state index contributed by atoms with van der Waals surface area (Å²) in [5.41, 5.74) is 1.91. The van der Waals surface area contributed by atoms with Crippen LogP contribution in [0.3, 0.4) is 0 Å². The van der Waals surface area contributed by atoms with Crippen molar-refractivity contribution in [3.63, 3.8) is 0 Å². The Labute approximate surface area is 249 Å². The summed E-state index contributed by atoms with van der Waals surface area (Å²) in [5.74, 6) is 0.976. The summed E-state index contributed by atoms with van der Waals surface area (Å²) in [5, 5.41) is 0. The fraction of sp³-hybridized carbons (Fsp3) is 0.567. The second-order valence-corrected chi connectivity index (χ2v) is 23.5. The van der Waals surface area contributed by atoms with Crippen molar-refractivity contribution in [1.29, 1.82) is 0 Å². The molecule has 1 aromatic carbocycles. The van der Waals surface area contributed by atoms with E-state index in [2.05, 4.69) is 38.2 Å². The molecule has 3 nitrogen and oxygen atoms in total. The SMILES string of the molecule is C=CC1CCC(/C=C/C[Si](C)(C)Cl)C1OC(=O)CCc1ccc(OC(C)C)c([CH]=[Ru]([Cl])[Cl])c1.[CH-]1CCCC1. The van der Waals surface area contributed by atoms with Gasteiger partial charge in [0.1, 0.15) is 0 Å². The van der Waals surface area contributed by atoms with Crippen molar-refractivity contribution in [3.8, 4) is 5.75 Å². The molecule has 0 heterocycles. The summed E-state index contributed by atoms with van der Waals surface area (Å²) < 4.78 is 13.7. The third-order valence-electron chi connectivity index (χ3n) is 6.54. The van der Waals surface area contributed by atoms with Crippen LogP contribution in [0, 0.1) is 18.3 Å². The molecule has 0 amide bonds. The van der Waals surface area contributed by atoms with Crippen LogP contribution in [0.2, 0.25) is 19.1 Å². The second-order valence-electron chi connectivity index (χ2n) is 10.9. The Hall–Kier alpha value is -0.450. The van der Waals surface area contributed by atoms with Gasteiger partial charge in [-0.1, -0.05) is 25.9 Å². The molecule has 0 saturated heterocycles. The Kier molecular flexibility index (Phi) is 15.4. The van der Waals surface area contributed by atoms with Crippen LogP contribution >= 0.6 is 30.5 Å². The summed E-state index contributed by atoms with van der Waals surface area (Å²) >= 11 is 4.42. The van der Waals surface area contributed by atoms with Gasteiger partial charge in [-0.3, -0.25) is 0 Å². The average Bonchev–Trinajstić information content (AvgIpc) is 3.52. The van der Waals surface area contributed by atoms with E-state index < -0.39 is 20.9 Å². The van der Waals surface area contributed by atoms with Crippen molar-refractivity contribution >= 4 is 48.4 Å². The van der Waals surface area contributed by atoms with Crippen molar-refractivity contribution in [3.05, 3.63) is 60.6 Å². The number of hydrogen-bond donors (Lipinski definition) is 0. The Balaban J connectivity index is 0.000000904. The van der Waals surface area contributed by atoms with E-state index in [4.69, 9.17) is 39.9 Å². The first kappa shape index (κ1) is 33.8. The molecule has 216 valence electrons. The van der Waals surface area contributed by atoms with Crippen LogP contribution < -0.4 is 4.74 Å². The number of carbonyl (C=O) groups excluding carboxylic acids is 1.